The smallest absolute Gasteiger partial charge is 0.387 e. The predicted octanol–water partition coefficient (Wildman–Crippen LogP) is 2.70. The molecule has 0 radical (unpaired) electrons. The van der Waals surface area contributed by atoms with Gasteiger partial charge in [0.2, 0.25) is 0 Å². The van der Waals surface area contributed by atoms with Crippen LogP contribution in [0.15, 0.2) is 18.2 Å². The lowest BCUT2D eigenvalue weighted by molar-refractivity contribution is -0.136. The van der Waals surface area contributed by atoms with E-state index in [1.54, 1.807) is 6.92 Å². The molecule has 0 atom stereocenters. The number of rotatable bonds is 7. The van der Waals surface area contributed by atoms with E-state index in [0.717, 1.165) is 0 Å². The number of ether oxygens (including phenoxy) is 2. The van der Waals surface area contributed by atoms with E-state index in [1.165, 1.54) is 18.2 Å². The molecule has 0 aliphatic carbocycles. The van der Waals surface area contributed by atoms with Crippen molar-refractivity contribution >= 4 is 5.97 Å². The lowest BCUT2D eigenvalue weighted by atomic mass is 10.1. The molecule has 0 heterocycles. The average molecular weight is 260 g/mol. The number of halogens is 2. The van der Waals surface area contributed by atoms with Gasteiger partial charge in [0.1, 0.15) is 11.5 Å². The molecule has 1 aromatic rings. The van der Waals surface area contributed by atoms with Gasteiger partial charge in [0.25, 0.3) is 0 Å². The number of hydrogen-bond acceptors (Lipinski definition) is 3. The summed E-state index contributed by atoms with van der Waals surface area (Å²) in [6.45, 7) is -0.788. The molecule has 4 nitrogen and oxygen atoms in total. The third kappa shape index (κ3) is 4.57. The highest BCUT2D eigenvalue weighted by atomic mass is 19.3. The number of aryl methyl sites for hydroxylation is 1. The summed E-state index contributed by atoms with van der Waals surface area (Å²) in [6.07, 6.45) is 0.231. The Kier molecular flexibility index (Phi) is 5.35. The van der Waals surface area contributed by atoms with Crippen LogP contribution in [0.2, 0.25) is 0 Å². The Bertz CT molecular complexity index is 407. The van der Waals surface area contributed by atoms with Crippen LogP contribution in [-0.2, 0) is 11.2 Å². The number of alkyl halides is 2. The van der Waals surface area contributed by atoms with Gasteiger partial charge in [0.15, 0.2) is 0 Å². The van der Waals surface area contributed by atoms with Crippen molar-refractivity contribution in [1.82, 2.24) is 0 Å². The molecule has 100 valence electrons. The summed E-state index contributed by atoms with van der Waals surface area (Å²) in [5.41, 5.74) is 0.654. The largest absolute Gasteiger partial charge is 0.493 e. The minimum Gasteiger partial charge on any atom is -0.493 e. The minimum atomic E-state index is -2.90. The Morgan fingerprint density at radius 2 is 2.17 bits per heavy atom. The van der Waals surface area contributed by atoms with Gasteiger partial charge in [-0.25, -0.2) is 0 Å². The van der Waals surface area contributed by atoms with E-state index >= 15 is 0 Å². The molecule has 0 aliphatic rings. The highest BCUT2D eigenvalue weighted by Crippen LogP contribution is 2.27. The van der Waals surface area contributed by atoms with Crippen molar-refractivity contribution in [2.24, 2.45) is 0 Å². The SMILES string of the molecule is CCOc1cc(OC(F)F)ccc1CCC(=O)O. The van der Waals surface area contributed by atoms with Crippen molar-refractivity contribution in [1.29, 1.82) is 0 Å². The molecule has 0 aromatic heterocycles. The maximum absolute atomic E-state index is 12.1. The molecule has 0 fully saturated rings. The first-order valence-corrected chi connectivity index (χ1v) is 5.45. The minimum absolute atomic E-state index is 0.00692. The summed E-state index contributed by atoms with van der Waals surface area (Å²) in [6, 6.07) is 4.24. The Labute approximate surface area is 103 Å². The van der Waals surface area contributed by atoms with E-state index in [9.17, 15) is 13.6 Å². The Balaban J connectivity index is 2.85. The van der Waals surface area contributed by atoms with Crippen LogP contribution in [0.4, 0.5) is 8.78 Å². The average Bonchev–Trinajstić information content (AvgIpc) is 2.27. The van der Waals surface area contributed by atoms with Gasteiger partial charge in [-0.2, -0.15) is 8.78 Å². The molecule has 1 N–H and O–H groups in total. The van der Waals surface area contributed by atoms with Gasteiger partial charge in [0.05, 0.1) is 6.61 Å². The van der Waals surface area contributed by atoms with Crippen LogP contribution in [0.1, 0.15) is 18.9 Å². The molecule has 1 rings (SSSR count). The van der Waals surface area contributed by atoms with Crippen molar-refractivity contribution in [2.45, 2.75) is 26.4 Å². The Hall–Kier alpha value is -1.85. The maximum Gasteiger partial charge on any atom is 0.387 e. The first-order chi connectivity index (χ1) is 8.52. The summed E-state index contributed by atoms with van der Waals surface area (Å²) in [5, 5.41) is 8.60. The van der Waals surface area contributed by atoms with Crippen LogP contribution < -0.4 is 9.47 Å². The summed E-state index contributed by atoms with van der Waals surface area (Å²) >= 11 is 0. The van der Waals surface area contributed by atoms with Crippen LogP contribution in [0, 0.1) is 0 Å². The quantitative estimate of drug-likeness (QED) is 0.819. The zero-order chi connectivity index (χ0) is 13.5. The van der Waals surface area contributed by atoms with E-state index in [1.807, 2.05) is 0 Å². The molecule has 0 unspecified atom stereocenters. The van der Waals surface area contributed by atoms with E-state index < -0.39 is 12.6 Å². The monoisotopic (exact) mass is 260 g/mol. The molecule has 0 bridgehead atoms. The standard InChI is InChI=1S/C12H14F2O4/c1-2-17-10-7-9(18-12(13)14)5-3-8(10)4-6-11(15)16/h3,5,7,12H,2,4,6H2,1H3,(H,15,16). The second kappa shape index (κ2) is 6.78. The number of carboxylic acid groups (broad SMARTS) is 1. The fourth-order valence-corrected chi connectivity index (χ4v) is 1.45. The summed E-state index contributed by atoms with van der Waals surface area (Å²) < 4.78 is 33.6. The van der Waals surface area contributed by atoms with E-state index in [0.29, 0.717) is 17.9 Å². The number of carboxylic acids is 1. The van der Waals surface area contributed by atoms with Gasteiger partial charge >= 0.3 is 12.6 Å². The highest BCUT2D eigenvalue weighted by Gasteiger charge is 2.10. The zero-order valence-corrected chi connectivity index (χ0v) is 9.86. The predicted molar refractivity (Wildman–Crippen MR) is 60.2 cm³/mol. The number of aliphatic carboxylic acids is 1. The molecule has 0 spiro atoms. The first kappa shape index (κ1) is 14.2. The molecule has 0 aliphatic heterocycles. The van der Waals surface area contributed by atoms with Crippen molar-refractivity contribution in [2.75, 3.05) is 6.61 Å². The molecule has 0 saturated heterocycles. The zero-order valence-electron chi connectivity index (χ0n) is 9.86. The molecule has 0 amide bonds. The van der Waals surface area contributed by atoms with Crippen molar-refractivity contribution in [3.05, 3.63) is 23.8 Å². The third-order valence-electron chi connectivity index (χ3n) is 2.17. The van der Waals surface area contributed by atoms with Gasteiger partial charge in [-0.3, -0.25) is 4.79 Å². The fourth-order valence-electron chi connectivity index (χ4n) is 1.45. The molecular formula is C12H14F2O4. The number of benzene rings is 1. The van der Waals surface area contributed by atoms with Crippen molar-refractivity contribution in [3.63, 3.8) is 0 Å². The fraction of sp³-hybridized carbons (Fsp3) is 0.417. The molecule has 18 heavy (non-hydrogen) atoms. The summed E-state index contributed by atoms with van der Waals surface area (Å²) in [7, 11) is 0. The van der Waals surface area contributed by atoms with E-state index in [2.05, 4.69) is 4.74 Å². The van der Waals surface area contributed by atoms with Gasteiger partial charge < -0.3 is 14.6 Å². The molecule has 6 heteroatoms. The summed E-state index contributed by atoms with van der Waals surface area (Å²) in [4.78, 5) is 10.5. The maximum atomic E-state index is 12.1. The Morgan fingerprint density at radius 1 is 1.44 bits per heavy atom. The van der Waals surface area contributed by atoms with Crippen LogP contribution in [0.5, 0.6) is 11.5 Å². The van der Waals surface area contributed by atoms with E-state index in [-0.39, 0.29) is 18.6 Å². The third-order valence-corrected chi connectivity index (χ3v) is 2.17. The van der Waals surface area contributed by atoms with Crippen LogP contribution in [0.25, 0.3) is 0 Å². The van der Waals surface area contributed by atoms with Gasteiger partial charge in [-0.1, -0.05) is 6.07 Å². The second-order valence-electron chi connectivity index (χ2n) is 3.47. The van der Waals surface area contributed by atoms with Crippen molar-refractivity contribution in [3.8, 4) is 11.5 Å². The van der Waals surface area contributed by atoms with Gasteiger partial charge in [0, 0.05) is 12.5 Å². The summed E-state index contributed by atoms with van der Waals surface area (Å²) in [5.74, 6) is -0.560. The lowest BCUT2D eigenvalue weighted by Gasteiger charge is -2.12. The van der Waals surface area contributed by atoms with Crippen LogP contribution in [0.3, 0.4) is 0 Å². The highest BCUT2D eigenvalue weighted by molar-refractivity contribution is 5.67. The topological polar surface area (TPSA) is 55.8 Å². The van der Waals surface area contributed by atoms with Gasteiger partial charge in [-0.15, -0.1) is 0 Å². The van der Waals surface area contributed by atoms with Gasteiger partial charge in [-0.05, 0) is 25.0 Å². The second-order valence-corrected chi connectivity index (χ2v) is 3.47. The van der Waals surface area contributed by atoms with Crippen molar-refractivity contribution < 1.29 is 28.2 Å². The molecular weight excluding hydrogens is 246 g/mol. The van der Waals surface area contributed by atoms with E-state index in [4.69, 9.17) is 9.84 Å². The first-order valence-electron chi connectivity index (χ1n) is 5.45. The molecule has 1 aromatic carbocycles. The molecule has 0 saturated carbocycles. The Morgan fingerprint density at radius 3 is 2.72 bits per heavy atom. The number of hydrogen-bond donors (Lipinski definition) is 1. The lowest BCUT2D eigenvalue weighted by Crippen LogP contribution is -2.04. The normalized spacial score (nSPS) is 10.4. The van der Waals surface area contributed by atoms with Crippen LogP contribution >= 0.6 is 0 Å². The number of carbonyl (C=O) groups is 1. The van der Waals surface area contributed by atoms with Crippen LogP contribution in [-0.4, -0.2) is 24.3 Å².